The highest BCUT2D eigenvalue weighted by molar-refractivity contribution is 5.95. The number of hydrogen-bond donors (Lipinski definition) is 2. The van der Waals surface area contributed by atoms with E-state index in [1.165, 1.54) is 11.8 Å². The molecule has 1 aliphatic rings. The number of likely N-dealkylation sites (tertiary alicyclic amines) is 1. The average molecular weight is 290 g/mol. The zero-order valence-corrected chi connectivity index (χ0v) is 11.8. The summed E-state index contributed by atoms with van der Waals surface area (Å²) in [5, 5.41) is 11.7. The van der Waals surface area contributed by atoms with E-state index in [1.54, 1.807) is 24.3 Å². The van der Waals surface area contributed by atoms with E-state index in [4.69, 9.17) is 5.11 Å². The molecule has 0 radical (unpaired) electrons. The first kappa shape index (κ1) is 15.0. The highest BCUT2D eigenvalue weighted by Crippen LogP contribution is 2.18. The van der Waals surface area contributed by atoms with Crippen molar-refractivity contribution in [2.45, 2.75) is 19.8 Å². The van der Waals surface area contributed by atoms with Crippen molar-refractivity contribution >= 4 is 23.5 Å². The van der Waals surface area contributed by atoms with Gasteiger partial charge in [-0.15, -0.1) is 0 Å². The molecule has 0 aromatic heterocycles. The van der Waals surface area contributed by atoms with Crippen molar-refractivity contribution in [1.82, 2.24) is 4.90 Å². The van der Waals surface area contributed by atoms with Gasteiger partial charge in [0.1, 0.15) is 0 Å². The van der Waals surface area contributed by atoms with E-state index in [-0.39, 0.29) is 18.4 Å². The second-order valence-corrected chi connectivity index (χ2v) is 5.19. The quantitative estimate of drug-likeness (QED) is 0.836. The lowest BCUT2D eigenvalue weighted by atomic mass is 9.99. The van der Waals surface area contributed by atoms with Crippen LogP contribution in [-0.2, 0) is 4.79 Å². The van der Waals surface area contributed by atoms with E-state index in [9.17, 15) is 14.4 Å². The predicted octanol–water partition coefficient (Wildman–Crippen LogP) is 2.22. The van der Waals surface area contributed by atoms with E-state index in [0.717, 1.165) is 0 Å². The van der Waals surface area contributed by atoms with Gasteiger partial charge >= 0.3 is 12.0 Å². The topological polar surface area (TPSA) is 86.7 Å². The maximum atomic E-state index is 12.1. The number of anilines is 1. The first-order valence-electron chi connectivity index (χ1n) is 6.87. The Kier molecular flexibility index (Phi) is 4.57. The van der Waals surface area contributed by atoms with Crippen molar-refractivity contribution in [1.29, 1.82) is 0 Å². The van der Waals surface area contributed by atoms with Crippen LogP contribution in [0.4, 0.5) is 10.5 Å². The van der Waals surface area contributed by atoms with Gasteiger partial charge < -0.3 is 15.3 Å². The van der Waals surface area contributed by atoms with Gasteiger partial charge in [0.2, 0.25) is 0 Å². The number of benzene rings is 1. The minimum absolute atomic E-state index is 0.0341. The molecule has 6 nitrogen and oxygen atoms in total. The molecule has 2 amide bonds. The van der Waals surface area contributed by atoms with Crippen molar-refractivity contribution in [3.63, 3.8) is 0 Å². The summed E-state index contributed by atoms with van der Waals surface area (Å²) in [6.07, 6.45) is 1.29. The lowest BCUT2D eigenvalue weighted by molar-refractivity contribution is -0.143. The third-order valence-corrected chi connectivity index (χ3v) is 3.60. The van der Waals surface area contributed by atoms with E-state index in [2.05, 4.69) is 5.32 Å². The molecule has 1 aromatic carbocycles. The Morgan fingerprint density at radius 2 is 1.90 bits per heavy atom. The number of carbonyl (C=O) groups excluding carboxylic acids is 2. The van der Waals surface area contributed by atoms with Gasteiger partial charge in [-0.1, -0.05) is 0 Å². The van der Waals surface area contributed by atoms with Crippen molar-refractivity contribution in [3.05, 3.63) is 29.8 Å². The van der Waals surface area contributed by atoms with Gasteiger partial charge in [-0.05, 0) is 44.0 Å². The number of hydrogen-bond acceptors (Lipinski definition) is 3. The van der Waals surface area contributed by atoms with E-state index >= 15 is 0 Å². The number of carboxylic acid groups (broad SMARTS) is 1. The highest BCUT2D eigenvalue weighted by atomic mass is 16.4. The number of ketones is 1. The highest BCUT2D eigenvalue weighted by Gasteiger charge is 2.28. The number of rotatable bonds is 3. The van der Waals surface area contributed by atoms with Crippen LogP contribution < -0.4 is 5.32 Å². The van der Waals surface area contributed by atoms with Gasteiger partial charge in [-0.3, -0.25) is 9.59 Å². The van der Waals surface area contributed by atoms with Crippen molar-refractivity contribution < 1.29 is 19.5 Å². The molecule has 1 atom stereocenters. The fourth-order valence-corrected chi connectivity index (χ4v) is 2.35. The van der Waals surface area contributed by atoms with Gasteiger partial charge in [0.15, 0.2) is 5.78 Å². The lowest BCUT2D eigenvalue weighted by Crippen LogP contribution is -2.44. The lowest BCUT2D eigenvalue weighted by Gasteiger charge is -2.30. The molecule has 0 spiro atoms. The summed E-state index contributed by atoms with van der Waals surface area (Å²) in [5.74, 6) is -1.39. The Morgan fingerprint density at radius 3 is 2.48 bits per heavy atom. The van der Waals surface area contributed by atoms with Gasteiger partial charge in [0, 0.05) is 24.3 Å². The number of piperidine rings is 1. The van der Waals surface area contributed by atoms with Crippen LogP contribution in [0.1, 0.15) is 30.1 Å². The third-order valence-electron chi connectivity index (χ3n) is 3.60. The number of carboxylic acids is 1. The number of amides is 2. The van der Waals surface area contributed by atoms with Crippen LogP contribution in [-0.4, -0.2) is 40.9 Å². The zero-order valence-electron chi connectivity index (χ0n) is 11.8. The summed E-state index contributed by atoms with van der Waals surface area (Å²) in [7, 11) is 0. The Balaban J connectivity index is 1.97. The van der Waals surface area contributed by atoms with E-state index in [1.807, 2.05) is 0 Å². The molecule has 1 saturated heterocycles. The Morgan fingerprint density at radius 1 is 1.24 bits per heavy atom. The van der Waals surface area contributed by atoms with Crippen LogP contribution in [0.3, 0.4) is 0 Å². The van der Waals surface area contributed by atoms with Gasteiger partial charge in [0.25, 0.3) is 0 Å². The Hall–Kier alpha value is -2.37. The zero-order chi connectivity index (χ0) is 15.4. The Labute approximate surface area is 122 Å². The number of Topliss-reactive ketones (excluding diaryl/α,β-unsaturated/α-hetero) is 1. The number of carbonyl (C=O) groups is 3. The number of aliphatic carboxylic acids is 1. The molecule has 0 aliphatic carbocycles. The molecule has 112 valence electrons. The molecule has 0 saturated carbocycles. The number of nitrogens with zero attached hydrogens (tertiary/aromatic N) is 1. The van der Waals surface area contributed by atoms with Crippen LogP contribution >= 0.6 is 0 Å². The van der Waals surface area contributed by atoms with Crippen molar-refractivity contribution in [2.75, 3.05) is 18.4 Å². The standard InChI is InChI=1S/C15H18N2O4/c1-10(18)11-4-6-13(7-5-11)16-15(21)17-8-2-3-12(9-17)14(19)20/h4-7,12H,2-3,8-9H2,1H3,(H,16,21)(H,19,20)/t12-/m0/s1. The maximum absolute atomic E-state index is 12.1. The number of nitrogens with one attached hydrogen (secondary N) is 1. The van der Waals surface area contributed by atoms with Crippen molar-refractivity contribution in [3.8, 4) is 0 Å². The van der Waals surface area contributed by atoms with Crippen LogP contribution in [0.5, 0.6) is 0 Å². The SMILES string of the molecule is CC(=O)c1ccc(NC(=O)N2CCC[C@H](C(=O)O)C2)cc1. The summed E-state index contributed by atoms with van der Waals surface area (Å²) in [4.78, 5) is 35.8. The molecule has 0 bridgehead atoms. The van der Waals surface area contributed by atoms with Gasteiger partial charge in [0.05, 0.1) is 5.92 Å². The normalized spacial score (nSPS) is 18.1. The predicted molar refractivity (Wildman–Crippen MR) is 77.4 cm³/mol. The molecule has 2 N–H and O–H groups in total. The average Bonchev–Trinajstić information content (AvgIpc) is 2.48. The summed E-state index contributed by atoms with van der Waals surface area (Å²) >= 11 is 0. The van der Waals surface area contributed by atoms with E-state index < -0.39 is 11.9 Å². The second-order valence-electron chi connectivity index (χ2n) is 5.19. The third kappa shape index (κ3) is 3.81. The largest absolute Gasteiger partial charge is 0.481 e. The summed E-state index contributed by atoms with van der Waals surface area (Å²) < 4.78 is 0. The molecule has 2 rings (SSSR count). The molecule has 1 aromatic rings. The monoisotopic (exact) mass is 290 g/mol. The fourth-order valence-electron chi connectivity index (χ4n) is 2.35. The second kappa shape index (κ2) is 6.39. The Bertz CT molecular complexity index is 553. The molecule has 1 heterocycles. The minimum atomic E-state index is -0.863. The molecule has 21 heavy (non-hydrogen) atoms. The van der Waals surface area contributed by atoms with Crippen LogP contribution in [0, 0.1) is 5.92 Å². The van der Waals surface area contributed by atoms with Crippen LogP contribution in [0.15, 0.2) is 24.3 Å². The van der Waals surface area contributed by atoms with Gasteiger partial charge in [-0.2, -0.15) is 0 Å². The van der Waals surface area contributed by atoms with Crippen LogP contribution in [0.2, 0.25) is 0 Å². The maximum Gasteiger partial charge on any atom is 0.321 e. The first-order chi connectivity index (χ1) is 9.97. The summed E-state index contributed by atoms with van der Waals surface area (Å²) in [5.41, 5.74) is 1.17. The summed E-state index contributed by atoms with van der Waals surface area (Å²) in [6.45, 7) is 2.27. The van der Waals surface area contributed by atoms with Crippen LogP contribution in [0.25, 0.3) is 0 Å². The summed E-state index contributed by atoms with van der Waals surface area (Å²) in [6, 6.07) is 6.31. The van der Waals surface area contributed by atoms with Gasteiger partial charge in [-0.25, -0.2) is 4.79 Å². The smallest absolute Gasteiger partial charge is 0.321 e. The number of urea groups is 1. The fraction of sp³-hybridized carbons (Fsp3) is 0.400. The molecule has 6 heteroatoms. The van der Waals surface area contributed by atoms with Crippen molar-refractivity contribution in [2.24, 2.45) is 5.92 Å². The minimum Gasteiger partial charge on any atom is -0.481 e. The van der Waals surface area contributed by atoms with E-state index in [0.29, 0.717) is 30.6 Å². The molecular formula is C15H18N2O4. The first-order valence-corrected chi connectivity index (χ1v) is 6.87. The molecule has 1 aliphatic heterocycles. The molecule has 1 fully saturated rings. The molecule has 0 unspecified atom stereocenters. The molecular weight excluding hydrogens is 272 g/mol.